The lowest BCUT2D eigenvalue weighted by atomic mass is 10.2. The van der Waals surface area contributed by atoms with Crippen LogP contribution in [-0.2, 0) is 0 Å². The summed E-state index contributed by atoms with van der Waals surface area (Å²) in [6.45, 7) is 1.92. The summed E-state index contributed by atoms with van der Waals surface area (Å²) >= 11 is 0. The maximum atomic E-state index is 5.22. The molecule has 64 valence electrons. The van der Waals surface area contributed by atoms with Crippen LogP contribution in [0.5, 0.6) is 5.75 Å². The van der Waals surface area contributed by atoms with Gasteiger partial charge in [0.05, 0.1) is 12.8 Å². The lowest BCUT2D eigenvalue weighted by molar-refractivity contribution is 0.404. The fraction of sp³-hybridized carbons (Fsp3) is 0.556. The van der Waals surface area contributed by atoms with Crippen molar-refractivity contribution in [3.8, 4) is 5.75 Å². The van der Waals surface area contributed by atoms with E-state index in [2.05, 4.69) is 10.2 Å². The van der Waals surface area contributed by atoms with E-state index in [-0.39, 0.29) is 0 Å². The quantitative estimate of drug-likeness (QED) is 0.667. The lowest BCUT2D eigenvalue weighted by Crippen LogP contribution is -1.97. The normalized spacial score (nSPS) is 16.2. The molecule has 0 radical (unpaired) electrons. The van der Waals surface area contributed by atoms with Crippen LogP contribution in [0.3, 0.4) is 0 Å². The van der Waals surface area contributed by atoms with Gasteiger partial charge in [-0.05, 0) is 19.8 Å². The summed E-state index contributed by atoms with van der Waals surface area (Å²) in [4.78, 5) is 0. The maximum absolute atomic E-state index is 5.22. The number of aromatic nitrogens is 2. The average Bonchev–Trinajstić information content (AvgIpc) is 2.87. The Morgan fingerprint density at radius 2 is 2.17 bits per heavy atom. The van der Waals surface area contributed by atoms with Gasteiger partial charge < -0.3 is 4.74 Å². The van der Waals surface area contributed by atoms with Crippen LogP contribution in [0, 0.1) is 6.92 Å². The summed E-state index contributed by atoms with van der Waals surface area (Å²) in [7, 11) is 1.68. The van der Waals surface area contributed by atoms with E-state index in [4.69, 9.17) is 4.74 Å². The standard InChI is InChI=1S/C9H12N2O/c1-6-5-8(12-2)9(11-10-6)7-3-4-7/h5,7H,3-4H2,1-2H3. The first-order chi connectivity index (χ1) is 5.81. The van der Waals surface area contributed by atoms with Gasteiger partial charge in [-0.15, -0.1) is 0 Å². The van der Waals surface area contributed by atoms with Gasteiger partial charge in [-0.3, -0.25) is 0 Å². The highest BCUT2D eigenvalue weighted by molar-refractivity contribution is 5.32. The van der Waals surface area contributed by atoms with Crippen LogP contribution in [0.1, 0.15) is 30.1 Å². The molecule has 1 heterocycles. The molecule has 0 spiro atoms. The minimum atomic E-state index is 0.605. The van der Waals surface area contributed by atoms with Crippen LogP contribution in [0.25, 0.3) is 0 Å². The molecule has 0 N–H and O–H groups in total. The van der Waals surface area contributed by atoms with E-state index < -0.39 is 0 Å². The predicted octanol–water partition coefficient (Wildman–Crippen LogP) is 1.67. The topological polar surface area (TPSA) is 35.0 Å². The number of nitrogens with zero attached hydrogens (tertiary/aromatic N) is 2. The Kier molecular flexibility index (Phi) is 1.71. The maximum Gasteiger partial charge on any atom is 0.144 e. The second-order valence-corrected chi connectivity index (χ2v) is 3.21. The molecule has 3 heteroatoms. The zero-order valence-corrected chi connectivity index (χ0v) is 7.37. The molecule has 0 saturated heterocycles. The van der Waals surface area contributed by atoms with Gasteiger partial charge in [-0.2, -0.15) is 10.2 Å². The molecule has 0 aliphatic heterocycles. The van der Waals surface area contributed by atoms with Crippen LogP contribution in [0.2, 0.25) is 0 Å². The Labute approximate surface area is 71.8 Å². The third-order valence-corrected chi connectivity index (χ3v) is 2.09. The number of hydrogen-bond acceptors (Lipinski definition) is 3. The van der Waals surface area contributed by atoms with Gasteiger partial charge in [-0.25, -0.2) is 0 Å². The molecule has 1 saturated carbocycles. The van der Waals surface area contributed by atoms with Crippen LogP contribution < -0.4 is 4.74 Å². The molecule has 0 aromatic carbocycles. The molecule has 1 fully saturated rings. The molecule has 1 aromatic heterocycles. The van der Waals surface area contributed by atoms with Crippen molar-refractivity contribution in [2.75, 3.05) is 7.11 Å². The first-order valence-electron chi connectivity index (χ1n) is 4.19. The fourth-order valence-electron chi connectivity index (χ4n) is 1.28. The van der Waals surface area contributed by atoms with Gasteiger partial charge >= 0.3 is 0 Å². The van der Waals surface area contributed by atoms with Gasteiger partial charge in [0.25, 0.3) is 0 Å². The van der Waals surface area contributed by atoms with Crippen LogP contribution >= 0.6 is 0 Å². The molecular weight excluding hydrogens is 152 g/mol. The van der Waals surface area contributed by atoms with Gasteiger partial charge in [0.2, 0.25) is 0 Å². The average molecular weight is 164 g/mol. The molecule has 0 unspecified atom stereocenters. The Morgan fingerprint density at radius 3 is 2.75 bits per heavy atom. The molecular formula is C9H12N2O. The summed E-state index contributed by atoms with van der Waals surface area (Å²) < 4.78 is 5.22. The van der Waals surface area contributed by atoms with Crippen LogP contribution in [0.4, 0.5) is 0 Å². The smallest absolute Gasteiger partial charge is 0.144 e. The Balaban J connectivity index is 2.38. The van der Waals surface area contributed by atoms with Crippen molar-refractivity contribution in [1.82, 2.24) is 10.2 Å². The first-order valence-corrected chi connectivity index (χ1v) is 4.19. The Hall–Kier alpha value is -1.12. The largest absolute Gasteiger partial charge is 0.495 e. The summed E-state index contributed by atoms with van der Waals surface area (Å²) in [5, 5.41) is 8.16. The highest BCUT2D eigenvalue weighted by Crippen LogP contribution is 2.42. The minimum absolute atomic E-state index is 0.605. The molecule has 12 heavy (non-hydrogen) atoms. The van der Waals surface area contributed by atoms with Gasteiger partial charge in [-0.1, -0.05) is 0 Å². The molecule has 2 rings (SSSR count). The summed E-state index contributed by atoms with van der Waals surface area (Å²) in [6.07, 6.45) is 2.46. The van der Waals surface area contributed by atoms with E-state index in [1.807, 2.05) is 13.0 Å². The van der Waals surface area contributed by atoms with Crippen molar-refractivity contribution in [3.05, 3.63) is 17.5 Å². The zero-order chi connectivity index (χ0) is 8.55. The molecule has 1 aliphatic rings. The predicted molar refractivity (Wildman–Crippen MR) is 45.3 cm³/mol. The second kappa shape index (κ2) is 2.73. The van der Waals surface area contributed by atoms with E-state index in [1.165, 1.54) is 12.8 Å². The third-order valence-electron chi connectivity index (χ3n) is 2.09. The van der Waals surface area contributed by atoms with Crippen molar-refractivity contribution < 1.29 is 4.74 Å². The fourth-order valence-corrected chi connectivity index (χ4v) is 1.28. The van der Waals surface area contributed by atoms with Gasteiger partial charge in [0.15, 0.2) is 0 Å². The van der Waals surface area contributed by atoms with Crippen molar-refractivity contribution in [2.24, 2.45) is 0 Å². The number of ether oxygens (including phenoxy) is 1. The van der Waals surface area contributed by atoms with E-state index in [1.54, 1.807) is 7.11 Å². The van der Waals surface area contributed by atoms with Gasteiger partial charge in [0.1, 0.15) is 11.4 Å². The van der Waals surface area contributed by atoms with E-state index in [0.717, 1.165) is 17.1 Å². The van der Waals surface area contributed by atoms with E-state index in [0.29, 0.717) is 5.92 Å². The molecule has 0 amide bonds. The number of aryl methyl sites for hydroxylation is 1. The molecule has 0 atom stereocenters. The van der Waals surface area contributed by atoms with Crippen LogP contribution in [-0.4, -0.2) is 17.3 Å². The lowest BCUT2D eigenvalue weighted by Gasteiger charge is -2.05. The highest BCUT2D eigenvalue weighted by atomic mass is 16.5. The van der Waals surface area contributed by atoms with Crippen LogP contribution in [0.15, 0.2) is 6.07 Å². The third kappa shape index (κ3) is 1.26. The molecule has 0 bridgehead atoms. The first kappa shape index (κ1) is 7.53. The number of rotatable bonds is 2. The van der Waals surface area contributed by atoms with Crippen molar-refractivity contribution in [2.45, 2.75) is 25.7 Å². The van der Waals surface area contributed by atoms with E-state index >= 15 is 0 Å². The second-order valence-electron chi connectivity index (χ2n) is 3.21. The number of methoxy groups -OCH3 is 1. The van der Waals surface area contributed by atoms with Crippen molar-refractivity contribution in [1.29, 1.82) is 0 Å². The molecule has 1 aliphatic carbocycles. The van der Waals surface area contributed by atoms with Crippen molar-refractivity contribution in [3.63, 3.8) is 0 Å². The van der Waals surface area contributed by atoms with Crippen molar-refractivity contribution >= 4 is 0 Å². The highest BCUT2D eigenvalue weighted by Gasteiger charge is 2.28. The Bertz CT molecular complexity index is 295. The Morgan fingerprint density at radius 1 is 1.42 bits per heavy atom. The monoisotopic (exact) mass is 164 g/mol. The summed E-state index contributed by atoms with van der Waals surface area (Å²) in [6, 6.07) is 1.95. The molecule has 3 nitrogen and oxygen atoms in total. The van der Waals surface area contributed by atoms with Gasteiger partial charge in [0, 0.05) is 12.0 Å². The minimum Gasteiger partial charge on any atom is -0.495 e. The summed E-state index contributed by atoms with van der Waals surface area (Å²) in [5.41, 5.74) is 1.94. The zero-order valence-electron chi connectivity index (χ0n) is 7.37. The molecule has 1 aromatic rings. The van der Waals surface area contributed by atoms with E-state index in [9.17, 15) is 0 Å². The summed E-state index contributed by atoms with van der Waals surface area (Å²) in [5.74, 6) is 1.50. The SMILES string of the molecule is COc1cc(C)nnc1C1CC1. The number of hydrogen-bond donors (Lipinski definition) is 0.